The van der Waals surface area contributed by atoms with Gasteiger partial charge in [0.05, 0.1) is 6.61 Å². The highest BCUT2D eigenvalue weighted by Crippen LogP contribution is 2.06. The number of hydrogen-bond acceptors (Lipinski definition) is 3. The molecule has 0 spiro atoms. The summed E-state index contributed by atoms with van der Waals surface area (Å²) in [5.74, 6) is -1.06. The van der Waals surface area contributed by atoms with Crippen LogP contribution < -0.4 is 5.32 Å². The molecule has 1 rings (SSSR count). The van der Waals surface area contributed by atoms with E-state index in [4.69, 9.17) is 5.11 Å². The molecule has 1 aromatic carbocycles. The number of aliphatic hydroxyl groups is 1. The number of aliphatic hydroxyl groups excluding tert-OH is 1. The number of carbonyl (C=O) groups is 2. The topological polar surface area (TPSA) is 89.9 Å². The standard InChI is InChI=1S/C15H22N2O4/c1-2-17(10-11-18)15(21)16-13(14(19)20)9-8-12-6-4-3-5-7-12/h3-7,13,18H,2,8-11H2,1H3,(H,16,21)(H,19,20). The number of rotatable bonds is 8. The van der Waals surface area contributed by atoms with Crippen LogP contribution >= 0.6 is 0 Å². The molecule has 0 fully saturated rings. The van der Waals surface area contributed by atoms with Crippen LogP contribution in [-0.4, -0.2) is 52.9 Å². The third-order valence-electron chi connectivity index (χ3n) is 3.20. The molecular weight excluding hydrogens is 272 g/mol. The minimum absolute atomic E-state index is 0.150. The number of likely N-dealkylation sites (N-methyl/N-ethyl adjacent to an activating group) is 1. The minimum atomic E-state index is -1.06. The first kappa shape index (κ1) is 17.0. The molecule has 0 aliphatic carbocycles. The fourth-order valence-corrected chi connectivity index (χ4v) is 1.98. The van der Waals surface area contributed by atoms with E-state index in [1.807, 2.05) is 30.3 Å². The van der Waals surface area contributed by atoms with E-state index < -0.39 is 18.0 Å². The van der Waals surface area contributed by atoms with Gasteiger partial charge in [0, 0.05) is 13.1 Å². The molecule has 21 heavy (non-hydrogen) atoms. The van der Waals surface area contributed by atoms with E-state index in [9.17, 15) is 14.7 Å². The number of nitrogens with zero attached hydrogens (tertiary/aromatic N) is 1. The molecule has 0 aliphatic heterocycles. The molecule has 0 aliphatic rings. The second kappa shape index (κ2) is 8.97. The summed E-state index contributed by atoms with van der Waals surface area (Å²) in [5.41, 5.74) is 1.03. The molecule has 116 valence electrons. The Morgan fingerprint density at radius 3 is 2.48 bits per heavy atom. The number of carboxylic acid groups (broad SMARTS) is 1. The van der Waals surface area contributed by atoms with Crippen LogP contribution in [0.3, 0.4) is 0 Å². The molecule has 2 amide bonds. The Kier molecular flexibility index (Phi) is 7.25. The van der Waals surface area contributed by atoms with Gasteiger partial charge in [-0.2, -0.15) is 0 Å². The summed E-state index contributed by atoms with van der Waals surface area (Å²) in [6.07, 6.45) is 0.895. The molecule has 1 aromatic rings. The number of hydrogen-bond donors (Lipinski definition) is 3. The van der Waals surface area contributed by atoms with Gasteiger partial charge in [-0.1, -0.05) is 30.3 Å². The number of aliphatic carboxylic acids is 1. The Morgan fingerprint density at radius 2 is 1.95 bits per heavy atom. The van der Waals surface area contributed by atoms with E-state index in [0.29, 0.717) is 19.4 Å². The summed E-state index contributed by atoms with van der Waals surface area (Å²) in [4.78, 5) is 24.5. The molecule has 0 heterocycles. The predicted molar refractivity (Wildman–Crippen MR) is 79.1 cm³/mol. The van der Waals surface area contributed by atoms with Gasteiger partial charge in [0.25, 0.3) is 0 Å². The Morgan fingerprint density at radius 1 is 1.29 bits per heavy atom. The number of urea groups is 1. The van der Waals surface area contributed by atoms with Crippen molar-refractivity contribution >= 4 is 12.0 Å². The van der Waals surface area contributed by atoms with Gasteiger partial charge in [-0.25, -0.2) is 9.59 Å². The highest BCUT2D eigenvalue weighted by molar-refractivity contribution is 5.82. The molecule has 0 bridgehead atoms. The molecule has 6 heteroatoms. The summed E-state index contributed by atoms with van der Waals surface area (Å²) < 4.78 is 0. The van der Waals surface area contributed by atoms with Gasteiger partial charge >= 0.3 is 12.0 Å². The number of nitrogens with one attached hydrogen (secondary N) is 1. The SMILES string of the molecule is CCN(CCO)C(=O)NC(CCc1ccccc1)C(=O)O. The Labute approximate surface area is 124 Å². The van der Waals surface area contributed by atoms with E-state index >= 15 is 0 Å². The molecule has 1 unspecified atom stereocenters. The molecule has 6 nitrogen and oxygen atoms in total. The zero-order valence-electron chi connectivity index (χ0n) is 12.2. The summed E-state index contributed by atoms with van der Waals surface area (Å²) in [7, 11) is 0. The monoisotopic (exact) mass is 294 g/mol. The van der Waals surface area contributed by atoms with Crippen LogP contribution in [0.2, 0.25) is 0 Å². The van der Waals surface area contributed by atoms with Crippen LogP contribution in [-0.2, 0) is 11.2 Å². The molecule has 3 N–H and O–H groups in total. The lowest BCUT2D eigenvalue weighted by molar-refractivity contribution is -0.139. The number of benzene rings is 1. The van der Waals surface area contributed by atoms with Gasteiger partial charge in [0.1, 0.15) is 6.04 Å². The van der Waals surface area contributed by atoms with Crippen molar-refractivity contribution < 1.29 is 19.8 Å². The highest BCUT2D eigenvalue weighted by atomic mass is 16.4. The average Bonchev–Trinajstić information content (AvgIpc) is 2.49. The third-order valence-corrected chi connectivity index (χ3v) is 3.20. The van der Waals surface area contributed by atoms with Gasteiger partial charge in [-0.3, -0.25) is 0 Å². The number of carboxylic acids is 1. The summed E-state index contributed by atoms with van der Waals surface area (Å²) in [6, 6.07) is 8.12. The smallest absolute Gasteiger partial charge is 0.326 e. The molecular formula is C15H22N2O4. The molecule has 0 radical (unpaired) electrons. The maximum atomic E-state index is 11.9. The summed E-state index contributed by atoms with van der Waals surface area (Å²) in [5, 5.41) is 20.6. The molecule has 0 aromatic heterocycles. The normalized spacial score (nSPS) is 11.7. The van der Waals surface area contributed by atoms with E-state index in [1.54, 1.807) is 6.92 Å². The average molecular weight is 294 g/mol. The van der Waals surface area contributed by atoms with Crippen LogP contribution in [0, 0.1) is 0 Å². The molecule has 0 saturated heterocycles. The Hall–Kier alpha value is -2.08. The first-order valence-electron chi connectivity index (χ1n) is 7.01. The summed E-state index contributed by atoms with van der Waals surface area (Å²) >= 11 is 0. The zero-order valence-corrected chi connectivity index (χ0v) is 12.2. The molecule has 1 atom stereocenters. The maximum absolute atomic E-state index is 11.9. The lowest BCUT2D eigenvalue weighted by atomic mass is 10.1. The number of aryl methyl sites for hydroxylation is 1. The summed E-state index contributed by atoms with van der Waals surface area (Å²) in [6.45, 7) is 2.22. The van der Waals surface area contributed by atoms with Crippen molar-refractivity contribution in [2.45, 2.75) is 25.8 Å². The van der Waals surface area contributed by atoms with Crippen molar-refractivity contribution in [3.63, 3.8) is 0 Å². The Balaban J connectivity index is 2.57. The van der Waals surface area contributed by atoms with Crippen LogP contribution in [0.25, 0.3) is 0 Å². The fraction of sp³-hybridized carbons (Fsp3) is 0.467. The largest absolute Gasteiger partial charge is 0.480 e. The second-order valence-corrected chi connectivity index (χ2v) is 4.67. The van der Waals surface area contributed by atoms with Crippen molar-refractivity contribution in [1.29, 1.82) is 0 Å². The van der Waals surface area contributed by atoms with Gasteiger partial charge in [0.2, 0.25) is 0 Å². The second-order valence-electron chi connectivity index (χ2n) is 4.67. The van der Waals surface area contributed by atoms with E-state index in [2.05, 4.69) is 5.32 Å². The van der Waals surface area contributed by atoms with Crippen LogP contribution in [0.15, 0.2) is 30.3 Å². The first-order chi connectivity index (χ1) is 10.1. The van der Waals surface area contributed by atoms with Crippen molar-refractivity contribution in [2.24, 2.45) is 0 Å². The third kappa shape index (κ3) is 5.83. The highest BCUT2D eigenvalue weighted by Gasteiger charge is 2.22. The first-order valence-corrected chi connectivity index (χ1v) is 7.01. The Bertz CT molecular complexity index is 450. The van der Waals surface area contributed by atoms with Gasteiger partial charge in [0.15, 0.2) is 0 Å². The van der Waals surface area contributed by atoms with Crippen LogP contribution in [0.5, 0.6) is 0 Å². The lowest BCUT2D eigenvalue weighted by Gasteiger charge is -2.23. The predicted octanol–water partition coefficient (Wildman–Crippen LogP) is 1.10. The van der Waals surface area contributed by atoms with Crippen LogP contribution in [0.4, 0.5) is 4.79 Å². The number of amides is 2. The minimum Gasteiger partial charge on any atom is -0.480 e. The molecule has 0 saturated carbocycles. The zero-order chi connectivity index (χ0) is 15.7. The number of carbonyl (C=O) groups excluding carboxylic acids is 1. The van der Waals surface area contributed by atoms with Crippen molar-refractivity contribution in [3.8, 4) is 0 Å². The van der Waals surface area contributed by atoms with Crippen molar-refractivity contribution in [1.82, 2.24) is 10.2 Å². The van der Waals surface area contributed by atoms with Gasteiger partial charge < -0.3 is 20.4 Å². The van der Waals surface area contributed by atoms with Gasteiger partial charge in [-0.15, -0.1) is 0 Å². The lowest BCUT2D eigenvalue weighted by Crippen LogP contribution is -2.48. The van der Waals surface area contributed by atoms with E-state index in [1.165, 1.54) is 4.90 Å². The van der Waals surface area contributed by atoms with Crippen LogP contribution in [0.1, 0.15) is 18.9 Å². The van der Waals surface area contributed by atoms with Crippen molar-refractivity contribution in [2.75, 3.05) is 19.7 Å². The maximum Gasteiger partial charge on any atom is 0.326 e. The fourth-order valence-electron chi connectivity index (χ4n) is 1.98. The van der Waals surface area contributed by atoms with E-state index in [-0.39, 0.29) is 13.2 Å². The van der Waals surface area contributed by atoms with Gasteiger partial charge in [-0.05, 0) is 25.3 Å². The quantitative estimate of drug-likeness (QED) is 0.669. The van der Waals surface area contributed by atoms with E-state index in [0.717, 1.165) is 5.56 Å². The van der Waals surface area contributed by atoms with Crippen molar-refractivity contribution in [3.05, 3.63) is 35.9 Å².